The molecule has 0 aliphatic rings. The number of methoxy groups -OCH3 is 2. The van der Waals surface area contributed by atoms with E-state index in [2.05, 4.69) is 0 Å². The molecule has 4 aromatic rings. The third-order valence-electron chi connectivity index (χ3n) is 4.85. The third-order valence-corrected chi connectivity index (χ3v) is 4.85. The largest absolute Gasteiger partial charge is 0.465 e. The van der Waals surface area contributed by atoms with E-state index < -0.39 is 11.9 Å². The highest BCUT2D eigenvalue weighted by Gasteiger charge is 2.28. The van der Waals surface area contributed by atoms with Crippen LogP contribution >= 0.6 is 0 Å². The van der Waals surface area contributed by atoms with Crippen molar-refractivity contribution in [3.05, 3.63) is 65.5 Å². The average molecular weight is 347 g/mol. The van der Waals surface area contributed by atoms with Crippen molar-refractivity contribution in [2.24, 2.45) is 0 Å². The molecular weight excluding hydrogens is 330 g/mol. The molecule has 0 saturated heterocycles. The van der Waals surface area contributed by atoms with Crippen molar-refractivity contribution < 1.29 is 19.1 Å². The molecule has 0 spiro atoms. The Balaban J connectivity index is 2.25. The van der Waals surface area contributed by atoms with Crippen molar-refractivity contribution >= 4 is 39.0 Å². The number of nitrogens with zero attached hydrogens (tertiary/aromatic N) is 1. The van der Waals surface area contributed by atoms with Gasteiger partial charge in [0.15, 0.2) is 0 Å². The molecule has 0 aliphatic heterocycles. The second-order valence-corrected chi connectivity index (χ2v) is 6.10. The number of hydrogen-bond acceptors (Lipinski definition) is 4. The minimum atomic E-state index is -0.559. The molecule has 4 rings (SSSR count). The number of fused-ring (bicyclic) bond motifs is 5. The van der Waals surface area contributed by atoms with Gasteiger partial charge in [0.2, 0.25) is 0 Å². The standard InChI is InChI=1S/C21H17NO4/c1-12-17(20(23)25-2)18(21(24)26-3)19-16-9-8-13-6-4-5-7-14(13)15(16)10-11-22(12)19/h4-11H,1-3H3. The lowest BCUT2D eigenvalue weighted by atomic mass is 10.0. The zero-order valence-corrected chi connectivity index (χ0v) is 14.7. The molecule has 2 aromatic heterocycles. The lowest BCUT2D eigenvalue weighted by Crippen LogP contribution is -2.10. The van der Waals surface area contributed by atoms with Gasteiger partial charge in [-0.05, 0) is 29.1 Å². The van der Waals surface area contributed by atoms with E-state index in [1.54, 1.807) is 6.92 Å². The van der Waals surface area contributed by atoms with E-state index >= 15 is 0 Å². The summed E-state index contributed by atoms with van der Waals surface area (Å²) in [4.78, 5) is 24.9. The topological polar surface area (TPSA) is 57.0 Å². The van der Waals surface area contributed by atoms with E-state index in [1.807, 2.05) is 53.1 Å². The number of pyridine rings is 1. The normalized spacial score (nSPS) is 11.2. The molecule has 0 amide bonds. The summed E-state index contributed by atoms with van der Waals surface area (Å²) in [6.45, 7) is 1.79. The first-order chi connectivity index (χ1) is 12.6. The summed E-state index contributed by atoms with van der Waals surface area (Å²) in [6.07, 6.45) is 1.87. The zero-order chi connectivity index (χ0) is 18.4. The minimum absolute atomic E-state index is 0.234. The summed E-state index contributed by atoms with van der Waals surface area (Å²) in [6, 6.07) is 14.0. The lowest BCUT2D eigenvalue weighted by Gasteiger charge is -2.08. The highest BCUT2D eigenvalue weighted by molar-refractivity contribution is 6.19. The van der Waals surface area contributed by atoms with Crippen molar-refractivity contribution in [2.45, 2.75) is 6.92 Å². The maximum absolute atomic E-state index is 12.5. The van der Waals surface area contributed by atoms with Crippen molar-refractivity contribution in [2.75, 3.05) is 14.2 Å². The fourth-order valence-corrected chi connectivity index (χ4v) is 3.64. The Morgan fingerprint density at radius 3 is 2.23 bits per heavy atom. The van der Waals surface area contributed by atoms with Gasteiger partial charge in [0, 0.05) is 17.3 Å². The van der Waals surface area contributed by atoms with Crippen LogP contribution in [0.4, 0.5) is 0 Å². The molecule has 130 valence electrons. The average Bonchev–Trinajstić information content (AvgIpc) is 2.99. The Morgan fingerprint density at radius 1 is 0.808 bits per heavy atom. The number of aromatic nitrogens is 1. The highest BCUT2D eigenvalue weighted by atomic mass is 16.5. The molecule has 2 heterocycles. The number of hydrogen-bond donors (Lipinski definition) is 0. The molecular formula is C21H17NO4. The van der Waals surface area contributed by atoms with E-state index in [-0.39, 0.29) is 11.1 Å². The summed E-state index contributed by atoms with van der Waals surface area (Å²) in [5.41, 5.74) is 1.76. The molecule has 0 bridgehead atoms. The summed E-state index contributed by atoms with van der Waals surface area (Å²) < 4.78 is 11.7. The summed E-state index contributed by atoms with van der Waals surface area (Å²) in [5, 5.41) is 4.08. The van der Waals surface area contributed by atoms with Crippen molar-refractivity contribution in [3.63, 3.8) is 0 Å². The van der Waals surface area contributed by atoms with Crippen LogP contribution in [0.5, 0.6) is 0 Å². The van der Waals surface area contributed by atoms with Crippen molar-refractivity contribution in [3.8, 4) is 0 Å². The minimum Gasteiger partial charge on any atom is -0.465 e. The number of aryl methyl sites for hydroxylation is 1. The van der Waals surface area contributed by atoms with Crippen molar-refractivity contribution in [1.82, 2.24) is 4.40 Å². The Labute approximate surface area is 149 Å². The van der Waals surface area contributed by atoms with E-state index in [9.17, 15) is 9.59 Å². The van der Waals surface area contributed by atoms with Crippen molar-refractivity contribution in [1.29, 1.82) is 0 Å². The first kappa shape index (κ1) is 16.1. The smallest absolute Gasteiger partial charge is 0.340 e. The van der Waals surface area contributed by atoms with Gasteiger partial charge in [-0.2, -0.15) is 0 Å². The Hall–Kier alpha value is -3.34. The zero-order valence-electron chi connectivity index (χ0n) is 14.7. The second kappa shape index (κ2) is 5.88. The first-order valence-electron chi connectivity index (χ1n) is 8.20. The Kier molecular flexibility index (Phi) is 3.65. The van der Waals surface area contributed by atoms with E-state index in [4.69, 9.17) is 9.47 Å². The van der Waals surface area contributed by atoms with Gasteiger partial charge < -0.3 is 13.9 Å². The van der Waals surface area contributed by atoms with Crippen LogP contribution in [0.1, 0.15) is 26.4 Å². The summed E-state index contributed by atoms with van der Waals surface area (Å²) >= 11 is 0. The van der Waals surface area contributed by atoms with E-state index in [1.165, 1.54) is 14.2 Å². The van der Waals surface area contributed by atoms with Crippen LogP contribution in [0.3, 0.4) is 0 Å². The Morgan fingerprint density at radius 2 is 1.50 bits per heavy atom. The second-order valence-electron chi connectivity index (χ2n) is 6.10. The number of carbonyl (C=O) groups is 2. The Bertz CT molecular complexity index is 1200. The number of esters is 2. The fourth-order valence-electron chi connectivity index (χ4n) is 3.64. The molecule has 26 heavy (non-hydrogen) atoms. The van der Waals surface area contributed by atoms with Crippen LogP contribution in [-0.2, 0) is 9.47 Å². The monoisotopic (exact) mass is 347 g/mol. The van der Waals surface area contributed by atoms with Gasteiger partial charge in [0.1, 0.15) is 5.56 Å². The van der Waals surface area contributed by atoms with Crippen LogP contribution in [-0.4, -0.2) is 30.6 Å². The third kappa shape index (κ3) is 2.10. The van der Waals surface area contributed by atoms with Crippen LogP contribution in [0, 0.1) is 6.92 Å². The molecule has 5 nitrogen and oxygen atoms in total. The number of benzene rings is 2. The predicted molar refractivity (Wildman–Crippen MR) is 99.8 cm³/mol. The number of rotatable bonds is 2. The summed E-state index contributed by atoms with van der Waals surface area (Å²) in [5.74, 6) is -1.11. The quantitative estimate of drug-likeness (QED) is 0.404. The number of ether oxygens (including phenoxy) is 2. The molecule has 0 saturated carbocycles. The van der Waals surface area contributed by atoms with Gasteiger partial charge in [0.25, 0.3) is 0 Å². The summed E-state index contributed by atoms with van der Waals surface area (Å²) in [7, 11) is 2.61. The molecule has 0 atom stereocenters. The van der Waals surface area contributed by atoms with Crippen LogP contribution < -0.4 is 0 Å². The van der Waals surface area contributed by atoms with Gasteiger partial charge in [-0.15, -0.1) is 0 Å². The number of carbonyl (C=O) groups excluding carboxylic acids is 2. The lowest BCUT2D eigenvalue weighted by molar-refractivity contribution is 0.0557. The molecule has 0 N–H and O–H groups in total. The predicted octanol–water partition coefficient (Wildman–Crippen LogP) is 4.13. The molecule has 0 radical (unpaired) electrons. The van der Waals surface area contributed by atoms with Crippen LogP contribution in [0.2, 0.25) is 0 Å². The maximum atomic E-state index is 12.5. The van der Waals surface area contributed by atoms with Crippen LogP contribution in [0.25, 0.3) is 27.1 Å². The molecule has 5 heteroatoms. The van der Waals surface area contributed by atoms with Crippen LogP contribution in [0.15, 0.2) is 48.7 Å². The van der Waals surface area contributed by atoms with Gasteiger partial charge >= 0.3 is 11.9 Å². The first-order valence-corrected chi connectivity index (χ1v) is 8.20. The molecule has 0 fully saturated rings. The molecule has 0 unspecified atom stereocenters. The fraction of sp³-hybridized carbons (Fsp3) is 0.143. The highest BCUT2D eigenvalue weighted by Crippen LogP contribution is 2.34. The molecule has 0 aliphatic carbocycles. The van der Waals surface area contributed by atoms with Gasteiger partial charge in [0.05, 0.1) is 25.3 Å². The van der Waals surface area contributed by atoms with Gasteiger partial charge in [-0.1, -0.05) is 36.4 Å². The van der Waals surface area contributed by atoms with E-state index in [0.717, 1.165) is 21.5 Å². The maximum Gasteiger partial charge on any atom is 0.340 e. The van der Waals surface area contributed by atoms with Gasteiger partial charge in [-0.3, -0.25) is 0 Å². The SMILES string of the molecule is COC(=O)c1c(C(=O)OC)c2c3ccc4ccccc4c3ccn2c1C. The molecule has 2 aromatic carbocycles. The van der Waals surface area contributed by atoms with E-state index in [0.29, 0.717) is 11.2 Å². The van der Waals surface area contributed by atoms with Gasteiger partial charge in [-0.25, -0.2) is 9.59 Å².